The third-order valence-corrected chi connectivity index (χ3v) is 3.29. The lowest BCUT2D eigenvalue weighted by molar-refractivity contribution is 0.321. The number of rotatable bonds is 4. The summed E-state index contributed by atoms with van der Waals surface area (Å²) in [6, 6.07) is 10.4. The summed E-state index contributed by atoms with van der Waals surface area (Å²) in [5.41, 5.74) is 7.85. The Kier molecular flexibility index (Phi) is 2.90. The van der Waals surface area contributed by atoms with E-state index in [4.69, 9.17) is 5.73 Å². The number of hydrogen-bond donors (Lipinski definition) is 3. The van der Waals surface area contributed by atoms with Gasteiger partial charge in [-0.1, -0.05) is 18.2 Å². The molecular formula is C13H17N5. The van der Waals surface area contributed by atoms with Crippen LogP contribution in [0.4, 0.5) is 11.5 Å². The second-order valence-corrected chi connectivity index (χ2v) is 4.53. The molecule has 1 aliphatic heterocycles. The third-order valence-electron chi connectivity index (χ3n) is 3.29. The molecule has 5 heteroatoms. The summed E-state index contributed by atoms with van der Waals surface area (Å²) in [5.74, 6) is 1.05. The summed E-state index contributed by atoms with van der Waals surface area (Å²) >= 11 is 0. The van der Waals surface area contributed by atoms with E-state index in [1.165, 1.54) is 0 Å². The maximum atomic E-state index is 5.92. The molecule has 0 aliphatic carbocycles. The molecule has 5 nitrogen and oxygen atoms in total. The zero-order valence-electron chi connectivity index (χ0n) is 10.1. The van der Waals surface area contributed by atoms with Crippen molar-refractivity contribution in [3.63, 3.8) is 0 Å². The normalized spacial score (nSPS) is 15.3. The van der Waals surface area contributed by atoms with Crippen LogP contribution >= 0.6 is 0 Å². The summed E-state index contributed by atoms with van der Waals surface area (Å²) in [5, 5.41) is 11.0. The van der Waals surface area contributed by atoms with Crippen LogP contribution in [0, 0.1) is 0 Å². The molecule has 1 aliphatic rings. The largest absolute Gasteiger partial charge is 0.398 e. The predicted molar refractivity (Wildman–Crippen MR) is 72.3 cm³/mol. The van der Waals surface area contributed by atoms with Crippen molar-refractivity contribution in [2.45, 2.75) is 12.6 Å². The van der Waals surface area contributed by atoms with Gasteiger partial charge in [0.15, 0.2) is 0 Å². The van der Waals surface area contributed by atoms with Gasteiger partial charge >= 0.3 is 0 Å². The first-order valence-electron chi connectivity index (χ1n) is 6.16. The fraction of sp³-hybridized carbons (Fsp3) is 0.308. The summed E-state index contributed by atoms with van der Waals surface area (Å²) in [7, 11) is 0. The average molecular weight is 243 g/mol. The van der Waals surface area contributed by atoms with Crippen LogP contribution in [0.15, 0.2) is 36.5 Å². The van der Waals surface area contributed by atoms with Crippen LogP contribution in [-0.4, -0.2) is 22.9 Å². The highest BCUT2D eigenvalue weighted by Gasteiger charge is 2.21. The van der Waals surface area contributed by atoms with Crippen LogP contribution in [0.3, 0.4) is 0 Å². The SMILES string of the molecule is Nc1ccccc1CNc1ccnn1C1CNC1. The van der Waals surface area contributed by atoms with Crippen LogP contribution < -0.4 is 16.4 Å². The van der Waals surface area contributed by atoms with Gasteiger partial charge in [-0.05, 0) is 11.6 Å². The van der Waals surface area contributed by atoms with Crippen molar-refractivity contribution in [2.24, 2.45) is 0 Å². The molecule has 0 bridgehead atoms. The molecule has 0 amide bonds. The molecule has 4 N–H and O–H groups in total. The lowest BCUT2D eigenvalue weighted by Crippen LogP contribution is -2.44. The first kappa shape index (κ1) is 11.1. The monoisotopic (exact) mass is 243 g/mol. The molecule has 94 valence electrons. The second kappa shape index (κ2) is 4.70. The van der Waals surface area contributed by atoms with Gasteiger partial charge in [-0.2, -0.15) is 5.10 Å². The number of anilines is 2. The lowest BCUT2D eigenvalue weighted by atomic mass is 10.2. The van der Waals surface area contributed by atoms with Crippen molar-refractivity contribution in [1.82, 2.24) is 15.1 Å². The van der Waals surface area contributed by atoms with Crippen molar-refractivity contribution in [3.8, 4) is 0 Å². The molecule has 18 heavy (non-hydrogen) atoms. The minimum absolute atomic E-state index is 0.468. The smallest absolute Gasteiger partial charge is 0.124 e. The first-order chi connectivity index (χ1) is 8.84. The minimum Gasteiger partial charge on any atom is -0.398 e. The summed E-state index contributed by atoms with van der Waals surface area (Å²) in [6.07, 6.45) is 1.83. The third kappa shape index (κ3) is 2.04. The Balaban J connectivity index is 1.70. The molecule has 0 atom stereocenters. The Morgan fingerprint density at radius 1 is 1.33 bits per heavy atom. The van der Waals surface area contributed by atoms with Crippen molar-refractivity contribution in [1.29, 1.82) is 0 Å². The van der Waals surface area contributed by atoms with Crippen molar-refractivity contribution >= 4 is 11.5 Å². The van der Waals surface area contributed by atoms with Gasteiger partial charge in [0.2, 0.25) is 0 Å². The number of hydrogen-bond acceptors (Lipinski definition) is 4. The number of para-hydroxylation sites is 1. The van der Waals surface area contributed by atoms with Crippen LogP contribution in [0.25, 0.3) is 0 Å². The molecule has 0 radical (unpaired) electrons. The highest BCUT2D eigenvalue weighted by molar-refractivity contribution is 5.48. The highest BCUT2D eigenvalue weighted by Crippen LogP contribution is 2.19. The van der Waals surface area contributed by atoms with Crippen LogP contribution in [0.2, 0.25) is 0 Å². The van der Waals surface area contributed by atoms with Crippen LogP contribution in [0.5, 0.6) is 0 Å². The number of aromatic nitrogens is 2. The molecule has 0 spiro atoms. The minimum atomic E-state index is 0.468. The van der Waals surface area contributed by atoms with Gasteiger partial charge < -0.3 is 16.4 Å². The van der Waals surface area contributed by atoms with E-state index in [2.05, 4.69) is 15.7 Å². The van der Waals surface area contributed by atoms with Crippen molar-refractivity contribution in [2.75, 3.05) is 24.1 Å². The average Bonchev–Trinajstić information content (AvgIpc) is 2.74. The molecule has 1 aromatic heterocycles. The lowest BCUT2D eigenvalue weighted by Gasteiger charge is -2.29. The van der Waals surface area contributed by atoms with E-state index in [-0.39, 0.29) is 0 Å². The second-order valence-electron chi connectivity index (χ2n) is 4.53. The van der Waals surface area contributed by atoms with Gasteiger partial charge in [-0.25, -0.2) is 4.68 Å². The fourth-order valence-corrected chi connectivity index (χ4v) is 2.07. The van der Waals surface area contributed by atoms with Crippen molar-refractivity contribution in [3.05, 3.63) is 42.1 Å². The molecule has 1 saturated heterocycles. The molecule has 1 fully saturated rings. The van der Waals surface area contributed by atoms with Gasteiger partial charge in [0.1, 0.15) is 5.82 Å². The molecular weight excluding hydrogens is 226 g/mol. The number of benzene rings is 1. The first-order valence-corrected chi connectivity index (χ1v) is 6.16. The van der Waals surface area contributed by atoms with Gasteiger partial charge in [-0.15, -0.1) is 0 Å². The van der Waals surface area contributed by atoms with Crippen molar-refractivity contribution < 1.29 is 0 Å². The zero-order valence-corrected chi connectivity index (χ0v) is 10.1. The Morgan fingerprint density at radius 2 is 2.17 bits per heavy atom. The Labute approximate surface area is 106 Å². The van der Waals surface area contributed by atoms with E-state index in [0.717, 1.165) is 36.7 Å². The van der Waals surface area contributed by atoms with E-state index in [1.807, 2.05) is 41.2 Å². The topological polar surface area (TPSA) is 67.9 Å². The predicted octanol–water partition coefficient (Wildman–Crippen LogP) is 1.22. The Bertz CT molecular complexity index is 530. The standard InChI is InChI=1S/C13H17N5/c14-12-4-2-1-3-10(12)7-16-13-5-6-17-18(13)11-8-15-9-11/h1-6,11,15-16H,7-9,14H2. The molecule has 0 unspecified atom stereocenters. The molecule has 2 heterocycles. The molecule has 2 aromatic rings. The highest BCUT2D eigenvalue weighted by atomic mass is 15.4. The maximum Gasteiger partial charge on any atom is 0.124 e. The van der Waals surface area contributed by atoms with Gasteiger partial charge in [-0.3, -0.25) is 0 Å². The summed E-state index contributed by atoms with van der Waals surface area (Å²) in [4.78, 5) is 0. The molecule has 0 saturated carbocycles. The summed E-state index contributed by atoms with van der Waals surface area (Å²) < 4.78 is 2.04. The van der Waals surface area contributed by atoms with Gasteiger partial charge in [0.25, 0.3) is 0 Å². The fourth-order valence-electron chi connectivity index (χ4n) is 2.07. The quantitative estimate of drug-likeness (QED) is 0.706. The zero-order chi connectivity index (χ0) is 12.4. The van der Waals surface area contributed by atoms with E-state index in [9.17, 15) is 0 Å². The van der Waals surface area contributed by atoms with Crippen LogP contribution in [0.1, 0.15) is 11.6 Å². The van der Waals surface area contributed by atoms with E-state index in [0.29, 0.717) is 6.04 Å². The van der Waals surface area contributed by atoms with E-state index in [1.54, 1.807) is 0 Å². The van der Waals surface area contributed by atoms with Gasteiger partial charge in [0, 0.05) is 31.4 Å². The Morgan fingerprint density at radius 3 is 2.89 bits per heavy atom. The molecule has 1 aromatic carbocycles. The maximum absolute atomic E-state index is 5.92. The number of nitrogens with one attached hydrogen (secondary N) is 2. The van der Waals surface area contributed by atoms with Crippen LogP contribution in [-0.2, 0) is 6.54 Å². The number of nitrogens with two attached hydrogens (primary N) is 1. The molecule has 3 rings (SSSR count). The number of nitrogens with zero attached hydrogens (tertiary/aromatic N) is 2. The van der Waals surface area contributed by atoms with Gasteiger partial charge in [0.05, 0.1) is 12.2 Å². The van der Waals surface area contributed by atoms with E-state index < -0.39 is 0 Å². The van der Waals surface area contributed by atoms with E-state index >= 15 is 0 Å². The Hall–Kier alpha value is -2.01. The number of nitrogen functional groups attached to an aromatic ring is 1. The summed E-state index contributed by atoms with van der Waals surface area (Å²) in [6.45, 7) is 2.70.